The van der Waals surface area contributed by atoms with Gasteiger partial charge in [-0.05, 0) is 53.2 Å². The Labute approximate surface area is 135 Å². The molecule has 0 saturated carbocycles. The number of rotatable bonds is 4. The van der Waals surface area contributed by atoms with Crippen molar-refractivity contribution in [3.63, 3.8) is 0 Å². The van der Waals surface area contributed by atoms with Gasteiger partial charge in [-0.2, -0.15) is 0 Å². The summed E-state index contributed by atoms with van der Waals surface area (Å²) in [5, 5.41) is 8.86. The molecular weight excluding hydrogens is 378 g/mol. The smallest absolute Gasteiger partial charge is 0.335 e. The van der Waals surface area contributed by atoms with E-state index in [0.29, 0.717) is 10.6 Å². The largest absolute Gasteiger partial charge is 0.478 e. The number of benzene rings is 1. The second-order valence-corrected chi connectivity index (χ2v) is 8.87. The summed E-state index contributed by atoms with van der Waals surface area (Å²) in [7, 11) is -2.23. The number of hydrogen-bond acceptors (Lipinski definition) is 4. The minimum absolute atomic E-state index is 0.110. The monoisotopic (exact) mass is 389 g/mol. The third-order valence-corrected chi connectivity index (χ3v) is 6.55. The fourth-order valence-corrected chi connectivity index (χ4v) is 5.36. The number of halogens is 1. The maximum atomic E-state index is 12.6. The Morgan fingerprint density at radius 1 is 1.29 bits per heavy atom. The molecule has 1 aromatic heterocycles. The van der Waals surface area contributed by atoms with Gasteiger partial charge in [-0.25, -0.2) is 13.2 Å². The van der Waals surface area contributed by atoms with Gasteiger partial charge in [-0.15, -0.1) is 11.3 Å². The van der Waals surface area contributed by atoms with Gasteiger partial charge in [0.2, 0.25) is 0 Å². The van der Waals surface area contributed by atoms with Crippen LogP contribution in [0.25, 0.3) is 0 Å². The number of sulfonamides is 1. The van der Waals surface area contributed by atoms with Crippen LogP contribution in [0.4, 0.5) is 5.69 Å². The molecule has 8 heteroatoms. The Morgan fingerprint density at radius 2 is 1.86 bits per heavy atom. The van der Waals surface area contributed by atoms with Gasteiger partial charge in [0.05, 0.1) is 15.0 Å². The molecule has 0 spiro atoms. The lowest BCUT2D eigenvalue weighted by atomic mass is 10.2. The Morgan fingerprint density at radius 3 is 2.29 bits per heavy atom. The summed E-state index contributed by atoms with van der Waals surface area (Å²) in [6.45, 7) is 1.74. The summed E-state index contributed by atoms with van der Waals surface area (Å²) < 4.78 is 27.0. The normalized spacial score (nSPS) is 11.4. The highest BCUT2D eigenvalue weighted by atomic mass is 79.9. The first kappa shape index (κ1) is 16.0. The molecule has 112 valence electrons. The van der Waals surface area contributed by atoms with Gasteiger partial charge < -0.3 is 5.11 Å². The molecule has 0 aliphatic heterocycles. The first-order valence-corrected chi connectivity index (χ1v) is 8.86. The predicted octanol–water partition coefficient (Wildman–Crippen LogP) is 3.34. The summed E-state index contributed by atoms with van der Waals surface area (Å²) in [6.07, 6.45) is 0. The molecule has 0 fully saturated rings. The zero-order valence-electron chi connectivity index (χ0n) is 11.2. The first-order valence-electron chi connectivity index (χ1n) is 5.81. The predicted molar refractivity (Wildman–Crippen MR) is 85.7 cm³/mol. The van der Waals surface area contributed by atoms with Gasteiger partial charge in [-0.3, -0.25) is 4.31 Å². The van der Waals surface area contributed by atoms with Gasteiger partial charge in [0.1, 0.15) is 4.90 Å². The van der Waals surface area contributed by atoms with Gasteiger partial charge >= 0.3 is 5.97 Å². The summed E-state index contributed by atoms with van der Waals surface area (Å²) >= 11 is 4.62. The third kappa shape index (κ3) is 3.12. The summed E-state index contributed by atoms with van der Waals surface area (Å²) in [5.74, 6) is -1.05. The minimum Gasteiger partial charge on any atom is -0.478 e. The van der Waals surface area contributed by atoms with Crippen LogP contribution in [0.5, 0.6) is 0 Å². The lowest BCUT2D eigenvalue weighted by Gasteiger charge is -2.19. The van der Waals surface area contributed by atoms with Crippen molar-refractivity contribution in [2.45, 2.75) is 11.8 Å². The maximum Gasteiger partial charge on any atom is 0.335 e. The highest BCUT2D eigenvalue weighted by Gasteiger charge is 2.25. The highest BCUT2D eigenvalue weighted by molar-refractivity contribution is 9.11. The average Bonchev–Trinajstić information content (AvgIpc) is 2.77. The van der Waals surface area contributed by atoms with E-state index in [2.05, 4.69) is 15.9 Å². The zero-order chi connectivity index (χ0) is 15.8. The van der Waals surface area contributed by atoms with Crippen molar-refractivity contribution in [3.05, 3.63) is 44.6 Å². The quantitative estimate of drug-likeness (QED) is 0.869. The molecule has 1 N–H and O–H groups in total. The number of carbonyl (C=O) groups is 1. The van der Waals surface area contributed by atoms with Crippen molar-refractivity contribution in [1.29, 1.82) is 0 Å². The van der Waals surface area contributed by atoms with E-state index in [1.807, 2.05) is 0 Å². The molecule has 0 radical (unpaired) electrons. The van der Waals surface area contributed by atoms with E-state index in [4.69, 9.17) is 5.11 Å². The first-order chi connectivity index (χ1) is 9.73. The summed E-state index contributed by atoms with van der Waals surface area (Å²) in [6, 6.07) is 7.26. The van der Waals surface area contributed by atoms with E-state index >= 15 is 0 Å². The Balaban J connectivity index is 2.40. The molecule has 2 aromatic rings. The zero-order valence-corrected chi connectivity index (χ0v) is 14.4. The lowest BCUT2D eigenvalue weighted by Crippen LogP contribution is -2.26. The van der Waals surface area contributed by atoms with Crippen molar-refractivity contribution < 1.29 is 18.3 Å². The number of nitrogens with zero attached hydrogens (tertiary/aromatic N) is 1. The Bertz CT molecular complexity index is 781. The average molecular weight is 390 g/mol. The number of anilines is 1. The summed E-state index contributed by atoms with van der Waals surface area (Å²) in [5.41, 5.74) is 0.515. The molecular formula is C13H12BrNO4S2. The fraction of sp³-hybridized carbons (Fsp3) is 0.154. The molecule has 21 heavy (non-hydrogen) atoms. The molecule has 1 aromatic carbocycles. The molecule has 0 saturated heterocycles. The number of aromatic carboxylic acids is 1. The lowest BCUT2D eigenvalue weighted by molar-refractivity contribution is 0.0697. The molecule has 0 aliphatic carbocycles. The molecule has 0 amide bonds. The second kappa shape index (κ2) is 5.78. The molecule has 0 bridgehead atoms. The minimum atomic E-state index is -3.67. The Kier molecular flexibility index (Phi) is 4.40. The molecule has 0 atom stereocenters. The van der Waals surface area contributed by atoms with Crippen LogP contribution in [0.2, 0.25) is 0 Å². The van der Waals surface area contributed by atoms with Crippen LogP contribution in [0, 0.1) is 6.92 Å². The second-order valence-electron chi connectivity index (χ2n) is 4.30. The van der Waals surface area contributed by atoms with Crippen molar-refractivity contribution in [2.75, 3.05) is 11.4 Å². The number of thiophene rings is 1. The van der Waals surface area contributed by atoms with Crippen LogP contribution in [0.1, 0.15) is 15.2 Å². The van der Waals surface area contributed by atoms with Crippen molar-refractivity contribution in [3.8, 4) is 0 Å². The Hall–Kier alpha value is -1.38. The molecule has 1 heterocycles. The number of hydrogen-bond donors (Lipinski definition) is 1. The van der Waals surface area contributed by atoms with Crippen LogP contribution < -0.4 is 4.31 Å². The van der Waals surface area contributed by atoms with Crippen LogP contribution in [0.15, 0.2) is 39.0 Å². The topological polar surface area (TPSA) is 74.7 Å². The number of aryl methyl sites for hydroxylation is 1. The van der Waals surface area contributed by atoms with E-state index in [9.17, 15) is 13.2 Å². The standard InChI is InChI=1S/C13H12BrNO4S2/c1-8-11(7-12(14)20-8)21(18,19)15(2)10-5-3-9(4-6-10)13(16)17/h3-7H,1-2H3,(H,16,17). The van der Waals surface area contributed by atoms with E-state index < -0.39 is 16.0 Å². The van der Waals surface area contributed by atoms with Crippen LogP contribution in [-0.4, -0.2) is 26.5 Å². The van der Waals surface area contributed by atoms with Gasteiger partial charge in [0, 0.05) is 11.9 Å². The van der Waals surface area contributed by atoms with Crippen molar-refractivity contribution >= 4 is 48.9 Å². The molecule has 0 unspecified atom stereocenters. The molecule has 5 nitrogen and oxygen atoms in total. The van der Waals surface area contributed by atoms with Crippen LogP contribution >= 0.6 is 27.3 Å². The SMILES string of the molecule is Cc1sc(Br)cc1S(=O)(=O)N(C)c1ccc(C(=O)O)cc1. The van der Waals surface area contributed by atoms with Crippen LogP contribution in [0.3, 0.4) is 0 Å². The van der Waals surface area contributed by atoms with Crippen molar-refractivity contribution in [1.82, 2.24) is 0 Å². The van der Waals surface area contributed by atoms with Crippen LogP contribution in [-0.2, 0) is 10.0 Å². The van der Waals surface area contributed by atoms with Gasteiger partial charge in [0.15, 0.2) is 0 Å². The van der Waals surface area contributed by atoms with E-state index in [1.165, 1.54) is 42.6 Å². The maximum absolute atomic E-state index is 12.6. The fourth-order valence-electron chi connectivity index (χ4n) is 1.79. The van der Waals surface area contributed by atoms with E-state index in [-0.39, 0.29) is 10.5 Å². The molecule has 0 aliphatic rings. The van der Waals surface area contributed by atoms with Gasteiger partial charge in [-0.1, -0.05) is 0 Å². The van der Waals surface area contributed by atoms with Crippen molar-refractivity contribution in [2.24, 2.45) is 0 Å². The highest BCUT2D eigenvalue weighted by Crippen LogP contribution is 2.32. The number of carboxylic acid groups (broad SMARTS) is 1. The van der Waals surface area contributed by atoms with E-state index in [1.54, 1.807) is 13.0 Å². The summed E-state index contributed by atoms with van der Waals surface area (Å²) in [4.78, 5) is 11.7. The third-order valence-electron chi connectivity index (χ3n) is 2.96. The molecule has 2 rings (SSSR count). The van der Waals surface area contributed by atoms with Gasteiger partial charge in [0.25, 0.3) is 10.0 Å². The van der Waals surface area contributed by atoms with E-state index in [0.717, 1.165) is 8.09 Å². The number of carboxylic acids is 1.